The quantitative estimate of drug-likeness (QED) is 0.763. The van der Waals surface area contributed by atoms with E-state index in [1.54, 1.807) is 0 Å². The summed E-state index contributed by atoms with van der Waals surface area (Å²) in [5, 5.41) is 0. The van der Waals surface area contributed by atoms with Gasteiger partial charge in [0.1, 0.15) is 11.6 Å². The molecule has 1 aromatic rings. The number of hydrogen-bond acceptors (Lipinski definition) is 1. The Hall–Kier alpha value is -0.570. The van der Waals surface area contributed by atoms with Gasteiger partial charge in [-0.05, 0) is 43.2 Å². The number of benzene rings is 1. The van der Waals surface area contributed by atoms with E-state index in [4.69, 9.17) is 4.74 Å². The van der Waals surface area contributed by atoms with E-state index in [1.165, 1.54) is 18.6 Å². The van der Waals surface area contributed by atoms with Gasteiger partial charge in [-0.1, -0.05) is 29.8 Å². The zero-order valence-corrected chi connectivity index (χ0v) is 11.8. The largest absolute Gasteiger partial charge is 0.490 e. The van der Waals surface area contributed by atoms with E-state index in [0.29, 0.717) is 17.6 Å². The third-order valence-electron chi connectivity index (χ3n) is 3.27. The Morgan fingerprint density at radius 1 is 1.12 bits per heavy atom. The lowest BCUT2D eigenvalue weighted by atomic mass is 9.82. The first-order chi connectivity index (χ1) is 8.02. The molecule has 0 bridgehead atoms. The highest BCUT2D eigenvalue weighted by Gasteiger charge is 2.25. The van der Waals surface area contributed by atoms with Crippen LogP contribution < -0.4 is 4.74 Å². The molecule has 94 valence electrons. The van der Waals surface area contributed by atoms with E-state index in [-0.39, 0.29) is 11.9 Å². The summed E-state index contributed by atoms with van der Waals surface area (Å²) >= 11 is 3.28. The summed E-state index contributed by atoms with van der Waals surface area (Å²) in [6.45, 7) is 4.51. The van der Waals surface area contributed by atoms with Crippen LogP contribution in [-0.4, -0.2) is 6.10 Å². The molecule has 1 fully saturated rings. The van der Waals surface area contributed by atoms with Crippen LogP contribution in [0.25, 0.3) is 0 Å². The topological polar surface area (TPSA) is 9.23 Å². The van der Waals surface area contributed by atoms with E-state index in [2.05, 4.69) is 29.8 Å². The lowest BCUT2D eigenvalue weighted by Gasteiger charge is -2.31. The Balaban J connectivity index is 2.04. The van der Waals surface area contributed by atoms with Gasteiger partial charge in [0.15, 0.2) is 0 Å². The van der Waals surface area contributed by atoms with Crippen LogP contribution >= 0.6 is 15.9 Å². The minimum Gasteiger partial charge on any atom is -0.490 e. The Kier molecular flexibility index (Phi) is 4.08. The molecule has 1 aliphatic carbocycles. The van der Waals surface area contributed by atoms with E-state index in [9.17, 15) is 4.39 Å². The first kappa shape index (κ1) is 12.9. The molecular formula is C14H18BrFO. The highest BCUT2D eigenvalue weighted by Crippen LogP contribution is 2.32. The smallest absolute Gasteiger partial charge is 0.128 e. The molecule has 3 heteroatoms. The number of hydrogen-bond donors (Lipinski definition) is 0. The number of ether oxygens (including phenoxy) is 1. The van der Waals surface area contributed by atoms with Crippen molar-refractivity contribution in [2.75, 3.05) is 0 Å². The minimum atomic E-state index is -0.258. The molecule has 2 unspecified atom stereocenters. The van der Waals surface area contributed by atoms with Gasteiger partial charge in [-0.2, -0.15) is 0 Å². The van der Waals surface area contributed by atoms with Gasteiger partial charge in [0.2, 0.25) is 0 Å². The van der Waals surface area contributed by atoms with Crippen molar-refractivity contribution in [3.8, 4) is 5.75 Å². The lowest BCUT2D eigenvalue weighted by Crippen LogP contribution is -2.28. The third-order valence-corrected chi connectivity index (χ3v) is 3.73. The molecule has 2 atom stereocenters. The van der Waals surface area contributed by atoms with Gasteiger partial charge in [-0.25, -0.2) is 4.39 Å². The summed E-state index contributed by atoms with van der Waals surface area (Å²) < 4.78 is 19.8. The fraction of sp³-hybridized carbons (Fsp3) is 0.571. The van der Waals surface area contributed by atoms with Crippen LogP contribution in [-0.2, 0) is 0 Å². The molecule has 0 amide bonds. The maximum Gasteiger partial charge on any atom is 0.128 e. The lowest BCUT2D eigenvalue weighted by molar-refractivity contribution is 0.101. The minimum absolute atomic E-state index is 0.224. The molecule has 1 saturated carbocycles. The highest BCUT2D eigenvalue weighted by molar-refractivity contribution is 9.10. The standard InChI is InChI=1S/C14H18BrFO/c1-9-3-10(2)5-13(4-9)17-14-7-11(15)6-12(16)8-14/h6-10,13H,3-5H2,1-2H3. The van der Waals surface area contributed by atoms with Gasteiger partial charge in [-0.15, -0.1) is 0 Å². The molecule has 0 radical (unpaired) electrons. The second-order valence-electron chi connectivity index (χ2n) is 5.26. The predicted molar refractivity (Wildman–Crippen MR) is 70.7 cm³/mol. The van der Waals surface area contributed by atoms with Crippen LogP contribution in [0.3, 0.4) is 0 Å². The van der Waals surface area contributed by atoms with Gasteiger partial charge in [-0.3, -0.25) is 0 Å². The average Bonchev–Trinajstić information content (AvgIpc) is 2.13. The fourth-order valence-corrected chi connectivity index (χ4v) is 3.20. The summed E-state index contributed by atoms with van der Waals surface area (Å²) in [7, 11) is 0. The second kappa shape index (κ2) is 5.38. The van der Waals surface area contributed by atoms with Gasteiger partial charge in [0.05, 0.1) is 6.10 Å². The molecule has 0 N–H and O–H groups in total. The molecule has 2 rings (SSSR count). The molecular weight excluding hydrogens is 283 g/mol. The summed E-state index contributed by atoms with van der Waals surface area (Å²) in [6, 6.07) is 4.72. The van der Waals surface area contributed by atoms with E-state index >= 15 is 0 Å². The van der Waals surface area contributed by atoms with Crippen LogP contribution in [0.4, 0.5) is 4.39 Å². The molecule has 17 heavy (non-hydrogen) atoms. The predicted octanol–water partition coefficient (Wildman–Crippen LogP) is 4.79. The average molecular weight is 301 g/mol. The molecule has 1 aliphatic rings. The molecule has 0 spiro atoms. The van der Waals surface area contributed by atoms with Gasteiger partial charge >= 0.3 is 0 Å². The van der Waals surface area contributed by atoms with Crippen LogP contribution in [0.5, 0.6) is 5.75 Å². The maximum absolute atomic E-state index is 13.2. The van der Waals surface area contributed by atoms with E-state index in [1.807, 2.05) is 6.07 Å². The fourth-order valence-electron chi connectivity index (χ4n) is 2.76. The van der Waals surface area contributed by atoms with Crippen molar-refractivity contribution in [1.82, 2.24) is 0 Å². The van der Waals surface area contributed by atoms with Gasteiger partial charge < -0.3 is 4.74 Å². The summed E-state index contributed by atoms with van der Waals surface area (Å²) in [6.07, 6.45) is 3.63. The SMILES string of the molecule is CC1CC(C)CC(Oc2cc(F)cc(Br)c2)C1. The van der Waals surface area contributed by atoms with Gasteiger partial charge in [0, 0.05) is 10.5 Å². The molecule has 1 aromatic carbocycles. The Morgan fingerprint density at radius 3 is 2.35 bits per heavy atom. The Labute approximate surface area is 110 Å². The highest BCUT2D eigenvalue weighted by atomic mass is 79.9. The maximum atomic E-state index is 13.2. The first-order valence-electron chi connectivity index (χ1n) is 6.15. The molecule has 0 aromatic heterocycles. The third kappa shape index (κ3) is 3.70. The number of halogens is 2. The van der Waals surface area contributed by atoms with Crippen molar-refractivity contribution in [3.05, 3.63) is 28.5 Å². The van der Waals surface area contributed by atoms with Crippen molar-refractivity contribution < 1.29 is 9.13 Å². The van der Waals surface area contributed by atoms with Crippen LogP contribution in [0, 0.1) is 17.7 Å². The van der Waals surface area contributed by atoms with Crippen LogP contribution in [0.2, 0.25) is 0 Å². The van der Waals surface area contributed by atoms with Gasteiger partial charge in [0.25, 0.3) is 0 Å². The van der Waals surface area contributed by atoms with Crippen molar-refractivity contribution in [3.63, 3.8) is 0 Å². The van der Waals surface area contributed by atoms with Crippen LogP contribution in [0.15, 0.2) is 22.7 Å². The summed E-state index contributed by atoms with van der Waals surface area (Å²) in [5.41, 5.74) is 0. The molecule has 1 nitrogen and oxygen atoms in total. The normalized spacial score (nSPS) is 29.1. The van der Waals surface area contributed by atoms with Crippen molar-refractivity contribution >= 4 is 15.9 Å². The van der Waals surface area contributed by atoms with E-state index < -0.39 is 0 Å². The zero-order valence-electron chi connectivity index (χ0n) is 10.2. The monoisotopic (exact) mass is 300 g/mol. The van der Waals surface area contributed by atoms with Crippen LogP contribution in [0.1, 0.15) is 33.1 Å². The number of rotatable bonds is 2. The van der Waals surface area contributed by atoms with Crippen molar-refractivity contribution in [1.29, 1.82) is 0 Å². The summed E-state index contributed by atoms with van der Waals surface area (Å²) in [4.78, 5) is 0. The molecule has 0 aliphatic heterocycles. The van der Waals surface area contributed by atoms with Crippen molar-refractivity contribution in [2.24, 2.45) is 11.8 Å². The molecule has 0 heterocycles. The Bertz CT molecular complexity index is 364. The van der Waals surface area contributed by atoms with Crippen molar-refractivity contribution in [2.45, 2.75) is 39.2 Å². The Morgan fingerprint density at radius 2 is 1.76 bits per heavy atom. The molecule has 0 saturated heterocycles. The van der Waals surface area contributed by atoms with E-state index in [0.717, 1.165) is 17.3 Å². The second-order valence-corrected chi connectivity index (χ2v) is 6.18. The summed E-state index contributed by atoms with van der Waals surface area (Å²) in [5.74, 6) is 1.76. The zero-order chi connectivity index (χ0) is 12.4. The first-order valence-corrected chi connectivity index (χ1v) is 6.95.